The van der Waals surface area contributed by atoms with E-state index in [4.69, 9.17) is 0 Å². The van der Waals surface area contributed by atoms with E-state index < -0.39 is 11.0 Å². The van der Waals surface area contributed by atoms with Gasteiger partial charge in [0.25, 0.3) is 5.69 Å². The molecule has 0 aliphatic carbocycles. The van der Waals surface area contributed by atoms with E-state index in [0.29, 0.717) is 5.56 Å². The first-order chi connectivity index (χ1) is 12.5. The first-order valence-electron chi connectivity index (χ1n) is 8.19. The molecule has 1 aromatic heterocycles. The Hall–Kier alpha value is -3.19. The summed E-state index contributed by atoms with van der Waals surface area (Å²) in [5.41, 5.74) is 2.44. The predicted octanol–water partition coefficient (Wildman–Crippen LogP) is 2.71. The molecule has 0 fully saturated rings. The molecule has 0 saturated heterocycles. The molecule has 1 amide bonds. The summed E-state index contributed by atoms with van der Waals surface area (Å²) < 4.78 is 1.92. The highest BCUT2D eigenvalue weighted by Crippen LogP contribution is 2.19. The van der Waals surface area contributed by atoms with Gasteiger partial charge < -0.3 is 15.0 Å². The molecule has 7 heteroatoms. The maximum atomic E-state index is 12.3. The lowest BCUT2D eigenvalue weighted by Gasteiger charge is -2.13. The molecule has 0 spiro atoms. The van der Waals surface area contributed by atoms with E-state index in [1.54, 1.807) is 0 Å². The number of non-ortho nitro benzene ring substituents is 1. The minimum absolute atomic E-state index is 0.0366. The van der Waals surface area contributed by atoms with E-state index in [9.17, 15) is 20.0 Å². The summed E-state index contributed by atoms with van der Waals surface area (Å²) in [4.78, 5) is 22.4. The quantitative estimate of drug-likeness (QED) is 0.526. The lowest BCUT2D eigenvalue weighted by Crippen LogP contribution is -2.31. The second-order valence-electron chi connectivity index (χ2n) is 6.10. The third kappa shape index (κ3) is 3.73. The van der Waals surface area contributed by atoms with Crippen LogP contribution in [0, 0.1) is 17.0 Å². The normalized spacial score (nSPS) is 12.1. The Morgan fingerprint density at radius 2 is 1.92 bits per heavy atom. The summed E-state index contributed by atoms with van der Waals surface area (Å²) in [6.45, 7) is 2.14. The van der Waals surface area contributed by atoms with Crippen LogP contribution < -0.4 is 5.32 Å². The van der Waals surface area contributed by atoms with Gasteiger partial charge in [-0.3, -0.25) is 14.9 Å². The summed E-state index contributed by atoms with van der Waals surface area (Å²) in [5, 5.41) is 24.6. The third-order valence-corrected chi connectivity index (χ3v) is 4.30. The van der Waals surface area contributed by atoms with Crippen LogP contribution in [-0.4, -0.2) is 27.0 Å². The zero-order chi connectivity index (χ0) is 18.7. The van der Waals surface area contributed by atoms with Crippen LogP contribution in [0.3, 0.4) is 0 Å². The number of carbonyl (C=O) groups excluding carboxylic acids is 1. The van der Waals surface area contributed by atoms with Crippen LogP contribution in [0.1, 0.15) is 17.4 Å². The van der Waals surface area contributed by atoms with Crippen LogP contribution in [0.2, 0.25) is 0 Å². The van der Waals surface area contributed by atoms with Gasteiger partial charge in [0.15, 0.2) is 0 Å². The van der Waals surface area contributed by atoms with Crippen molar-refractivity contribution in [3.8, 4) is 0 Å². The molecule has 0 saturated carbocycles. The number of amides is 1. The summed E-state index contributed by atoms with van der Waals surface area (Å²) in [7, 11) is 0. The Balaban J connectivity index is 1.61. The Morgan fingerprint density at radius 3 is 2.62 bits per heavy atom. The van der Waals surface area contributed by atoms with E-state index in [1.807, 2.05) is 41.8 Å². The Bertz CT molecular complexity index is 947. The lowest BCUT2D eigenvalue weighted by atomic mass is 10.1. The number of aliphatic hydroxyl groups is 1. The number of para-hydroxylation sites is 1. The van der Waals surface area contributed by atoms with Gasteiger partial charge >= 0.3 is 0 Å². The molecule has 7 nitrogen and oxygen atoms in total. The number of rotatable bonds is 6. The van der Waals surface area contributed by atoms with Crippen molar-refractivity contribution in [3.05, 3.63) is 76.0 Å². The van der Waals surface area contributed by atoms with Crippen LogP contribution in [0.25, 0.3) is 10.9 Å². The van der Waals surface area contributed by atoms with Crippen LogP contribution in [0.5, 0.6) is 0 Å². The number of aryl methyl sites for hydroxylation is 1. The molecular formula is C19H19N3O4. The zero-order valence-corrected chi connectivity index (χ0v) is 14.3. The van der Waals surface area contributed by atoms with E-state index in [0.717, 1.165) is 16.6 Å². The van der Waals surface area contributed by atoms with Gasteiger partial charge in [-0.1, -0.05) is 18.2 Å². The van der Waals surface area contributed by atoms with Crippen molar-refractivity contribution < 1.29 is 14.8 Å². The fourth-order valence-electron chi connectivity index (χ4n) is 2.90. The average Bonchev–Trinajstić information content (AvgIpc) is 2.95. The van der Waals surface area contributed by atoms with Crippen molar-refractivity contribution in [2.45, 2.75) is 19.6 Å². The minimum Gasteiger partial charge on any atom is -0.387 e. The Morgan fingerprint density at radius 1 is 1.23 bits per heavy atom. The molecule has 0 unspecified atom stereocenters. The molecule has 0 aliphatic heterocycles. The number of benzene rings is 2. The fraction of sp³-hybridized carbons (Fsp3) is 0.211. The summed E-state index contributed by atoms with van der Waals surface area (Å²) in [6, 6.07) is 15.5. The molecule has 2 N–H and O–H groups in total. The van der Waals surface area contributed by atoms with Gasteiger partial charge in [-0.2, -0.15) is 0 Å². The molecule has 3 rings (SSSR count). The molecule has 0 radical (unpaired) electrons. The van der Waals surface area contributed by atoms with Crippen molar-refractivity contribution in [1.29, 1.82) is 0 Å². The lowest BCUT2D eigenvalue weighted by molar-refractivity contribution is -0.384. The van der Waals surface area contributed by atoms with Crippen LogP contribution >= 0.6 is 0 Å². The number of nitrogens with zero attached hydrogens (tertiary/aromatic N) is 2. The molecule has 0 bridgehead atoms. The zero-order valence-electron chi connectivity index (χ0n) is 14.3. The summed E-state index contributed by atoms with van der Waals surface area (Å²) in [5.74, 6) is -0.213. The highest BCUT2D eigenvalue weighted by molar-refractivity contribution is 5.84. The van der Waals surface area contributed by atoms with E-state index in [2.05, 4.69) is 5.32 Å². The monoisotopic (exact) mass is 353 g/mol. The number of fused-ring (bicyclic) bond motifs is 1. The molecule has 1 heterocycles. The number of aromatic nitrogens is 1. The minimum atomic E-state index is -0.928. The standard InChI is InChI=1S/C19H19N3O4/c1-13-10-15-4-2-3-5-17(15)21(13)12-19(24)20-11-18(23)14-6-8-16(9-7-14)22(25)26/h2-10,18,23H,11-12H2,1H3,(H,20,24)/t18-/m0/s1. The molecule has 1 atom stereocenters. The summed E-state index contributed by atoms with van der Waals surface area (Å²) >= 11 is 0. The van der Waals surface area contributed by atoms with Gasteiger partial charge in [-0.15, -0.1) is 0 Å². The smallest absolute Gasteiger partial charge is 0.269 e. The first kappa shape index (κ1) is 17.6. The number of aliphatic hydroxyl groups excluding tert-OH is 1. The fourth-order valence-corrected chi connectivity index (χ4v) is 2.90. The maximum absolute atomic E-state index is 12.3. The van der Waals surface area contributed by atoms with Crippen molar-refractivity contribution in [2.75, 3.05) is 6.54 Å². The topological polar surface area (TPSA) is 97.4 Å². The van der Waals surface area contributed by atoms with Crippen molar-refractivity contribution in [1.82, 2.24) is 9.88 Å². The summed E-state index contributed by atoms with van der Waals surface area (Å²) in [6.07, 6.45) is -0.928. The highest BCUT2D eigenvalue weighted by atomic mass is 16.6. The number of hydrogen-bond donors (Lipinski definition) is 2. The first-order valence-corrected chi connectivity index (χ1v) is 8.19. The second kappa shape index (κ2) is 7.37. The number of nitro groups is 1. The Kier molecular flexibility index (Phi) is 4.99. The van der Waals surface area contributed by atoms with E-state index >= 15 is 0 Å². The number of nitro benzene ring substituents is 1. The number of carbonyl (C=O) groups is 1. The average molecular weight is 353 g/mol. The molecular weight excluding hydrogens is 334 g/mol. The van der Waals surface area contributed by atoms with Crippen molar-refractivity contribution in [2.24, 2.45) is 0 Å². The van der Waals surface area contributed by atoms with Gasteiger partial charge in [0.2, 0.25) is 5.91 Å². The van der Waals surface area contributed by atoms with Gasteiger partial charge in [0.1, 0.15) is 6.54 Å². The Labute approximate surface area is 150 Å². The van der Waals surface area contributed by atoms with Gasteiger partial charge in [0.05, 0.1) is 11.0 Å². The van der Waals surface area contributed by atoms with Crippen molar-refractivity contribution in [3.63, 3.8) is 0 Å². The number of hydrogen-bond acceptors (Lipinski definition) is 4. The maximum Gasteiger partial charge on any atom is 0.269 e. The SMILES string of the molecule is Cc1cc2ccccc2n1CC(=O)NC[C@H](O)c1ccc([N+](=O)[O-])cc1. The van der Waals surface area contributed by atoms with Gasteiger partial charge in [0, 0.05) is 29.9 Å². The van der Waals surface area contributed by atoms with Gasteiger partial charge in [-0.05, 0) is 42.1 Å². The molecule has 0 aliphatic rings. The second-order valence-corrected chi connectivity index (χ2v) is 6.10. The third-order valence-electron chi connectivity index (χ3n) is 4.30. The van der Waals surface area contributed by atoms with Gasteiger partial charge in [-0.25, -0.2) is 0 Å². The van der Waals surface area contributed by atoms with Crippen molar-refractivity contribution >= 4 is 22.5 Å². The molecule has 3 aromatic rings. The molecule has 26 heavy (non-hydrogen) atoms. The van der Waals surface area contributed by atoms with Crippen LogP contribution in [-0.2, 0) is 11.3 Å². The van der Waals surface area contributed by atoms with Crippen LogP contribution in [0.15, 0.2) is 54.6 Å². The molecule has 134 valence electrons. The predicted molar refractivity (Wildman–Crippen MR) is 97.7 cm³/mol. The highest BCUT2D eigenvalue weighted by Gasteiger charge is 2.13. The largest absolute Gasteiger partial charge is 0.387 e. The van der Waals surface area contributed by atoms with E-state index in [1.165, 1.54) is 24.3 Å². The molecule has 2 aromatic carbocycles. The number of nitrogens with one attached hydrogen (secondary N) is 1. The van der Waals surface area contributed by atoms with Crippen LogP contribution in [0.4, 0.5) is 5.69 Å². The van der Waals surface area contributed by atoms with E-state index in [-0.39, 0.29) is 24.7 Å².